The van der Waals surface area contributed by atoms with Crippen molar-refractivity contribution in [3.63, 3.8) is 0 Å². The topological polar surface area (TPSA) is 46.2 Å². The maximum atomic E-state index is 12.2. The molecule has 18 heavy (non-hydrogen) atoms. The number of thiophene rings is 1. The van der Waals surface area contributed by atoms with E-state index in [0.29, 0.717) is 15.2 Å². The van der Waals surface area contributed by atoms with Gasteiger partial charge in [0, 0.05) is 11.4 Å². The van der Waals surface area contributed by atoms with Crippen molar-refractivity contribution < 1.29 is 8.42 Å². The minimum Gasteiger partial charge on any atom is -0.207 e. The van der Waals surface area contributed by atoms with Crippen molar-refractivity contribution >= 4 is 60.5 Å². The molecule has 1 aromatic heterocycles. The largest absolute Gasteiger partial charge is 0.250 e. The van der Waals surface area contributed by atoms with Crippen molar-refractivity contribution in [1.82, 2.24) is 4.72 Å². The Kier molecular flexibility index (Phi) is 4.10. The van der Waals surface area contributed by atoms with Gasteiger partial charge < -0.3 is 0 Å². The molecule has 1 aliphatic carbocycles. The Labute approximate surface area is 129 Å². The van der Waals surface area contributed by atoms with Crippen LogP contribution in [-0.2, 0) is 10.0 Å². The van der Waals surface area contributed by atoms with Crippen molar-refractivity contribution in [1.29, 1.82) is 0 Å². The molecular weight excluding hydrogens is 381 g/mol. The minimum atomic E-state index is -3.52. The van der Waals surface area contributed by atoms with Crippen LogP contribution in [0.5, 0.6) is 0 Å². The average molecular weight is 393 g/mol. The number of sulfonamides is 1. The fourth-order valence-electron chi connectivity index (χ4n) is 1.78. The van der Waals surface area contributed by atoms with Crippen LogP contribution < -0.4 is 4.72 Å². The molecule has 0 aliphatic heterocycles. The second-order valence-corrected chi connectivity index (χ2v) is 10.1. The fourth-order valence-corrected chi connectivity index (χ4v) is 5.93. The van der Waals surface area contributed by atoms with Gasteiger partial charge in [-0.15, -0.1) is 22.9 Å². The highest BCUT2D eigenvalue weighted by atomic mass is 79.9. The number of hydrogen-bond acceptors (Lipinski definition) is 3. The molecule has 8 heteroatoms. The average Bonchev–Trinajstić information content (AvgIpc) is 2.59. The maximum Gasteiger partial charge on any atom is 0.250 e. The smallest absolute Gasteiger partial charge is 0.207 e. The van der Waals surface area contributed by atoms with Gasteiger partial charge in [0.1, 0.15) is 4.21 Å². The first kappa shape index (κ1) is 15.1. The van der Waals surface area contributed by atoms with E-state index in [0.717, 1.165) is 11.3 Å². The highest BCUT2D eigenvalue weighted by Crippen LogP contribution is 2.45. The van der Waals surface area contributed by atoms with Gasteiger partial charge in [-0.05, 0) is 33.8 Å². The van der Waals surface area contributed by atoms with Crippen LogP contribution in [0.15, 0.2) is 14.1 Å². The summed E-state index contributed by atoms with van der Waals surface area (Å²) in [6.45, 7) is 3.91. The summed E-state index contributed by atoms with van der Waals surface area (Å²) in [6.07, 6.45) is 0.647. The Hall–Kier alpha value is 0.670. The zero-order valence-electron chi connectivity index (χ0n) is 9.71. The predicted octanol–water partition coefficient (Wildman–Crippen LogP) is 3.85. The zero-order chi connectivity index (χ0) is 13.7. The van der Waals surface area contributed by atoms with E-state index in [9.17, 15) is 8.42 Å². The van der Waals surface area contributed by atoms with E-state index in [4.69, 9.17) is 23.2 Å². The van der Waals surface area contributed by atoms with E-state index in [1.807, 2.05) is 13.8 Å². The standard InChI is InChI=1S/C10H12BrCl2NO2S2/c1-10(2)6(13)4-7(10)14-18(15,16)8-3-5(12)9(11)17-8/h3,6-7,14H,4H2,1-2H3. The molecule has 0 spiro atoms. The molecule has 102 valence electrons. The second-order valence-electron chi connectivity index (χ2n) is 4.89. The molecule has 0 amide bonds. The lowest BCUT2D eigenvalue weighted by atomic mass is 9.67. The van der Waals surface area contributed by atoms with E-state index in [1.165, 1.54) is 6.07 Å². The van der Waals surface area contributed by atoms with Crippen LogP contribution in [0.3, 0.4) is 0 Å². The third-order valence-corrected chi connectivity index (χ3v) is 8.49. The normalized spacial score (nSPS) is 26.9. The van der Waals surface area contributed by atoms with Gasteiger partial charge in [0.2, 0.25) is 10.0 Å². The summed E-state index contributed by atoms with van der Waals surface area (Å²) >= 11 is 16.2. The monoisotopic (exact) mass is 391 g/mol. The molecule has 1 saturated carbocycles. The Morgan fingerprint density at radius 3 is 2.56 bits per heavy atom. The van der Waals surface area contributed by atoms with Gasteiger partial charge in [0.05, 0.1) is 8.81 Å². The van der Waals surface area contributed by atoms with Gasteiger partial charge >= 0.3 is 0 Å². The molecule has 1 aromatic rings. The lowest BCUT2D eigenvalue weighted by molar-refractivity contribution is 0.137. The van der Waals surface area contributed by atoms with Crippen molar-refractivity contribution in [3.8, 4) is 0 Å². The molecule has 1 heterocycles. The van der Waals surface area contributed by atoms with Crippen LogP contribution in [0.4, 0.5) is 0 Å². The summed E-state index contributed by atoms with van der Waals surface area (Å²) < 4.78 is 27.9. The molecule has 1 N–H and O–H groups in total. The van der Waals surface area contributed by atoms with Crippen LogP contribution in [0, 0.1) is 5.41 Å². The van der Waals surface area contributed by atoms with E-state index in [1.54, 1.807) is 0 Å². The Balaban J connectivity index is 2.19. The van der Waals surface area contributed by atoms with E-state index in [-0.39, 0.29) is 21.0 Å². The van der Waals surface area contributed by atoms with Gasteiger partial charge in [-0.3, -0.25) is 0 Å². The Morgan fingerprint density at radius 2 is 2.17 bits per heavy atom. The number of rotatable bonds is 3. The molecule has 2 rings (SSSR count). The first-order valence-corrected chi connectivity index (χ1v) is 9.16. The number of alkyl halides is 1. The van der Waals surface area contributed by atoms with Crippen LogP contribution in [0.25, 0.3) is 0 Å². The molecule has 0 aromatic carbocycles. The zero-order valence-corrected chi connectivity index (χ0v) is 14.4. The molecule has 1 aliphatic rings. The quantitative estimate of drug-likeness (QED) is 0.794. The number of halogens is 3. The molecule has 0 saturated heterocycles. The van der Waals surface area contributed by atoms with Crippen LogP contribution in [0.1, 0.15) is 20.3 Å². The molecule has 2 atom stereocenters. The predicted molar refractivity (Wildman–Crippen MR) is 79.2 cm³/mol. The first-order valence-electron chi connectivity index (χ1n) is 5.26. The minimum absolute atomic E-state index is 0.00357. The highest BCUT2D eigenvalue weighted by molar-refractivity contribution is 9.11. The lowest BCUT2D eigenvalue weighted by Gasteiger charge is -2.48. The summed E-state index contributed by atoms with van der Waals surface area (Å²) in [6, 6.07) is 1.31. The molecule has 2 unspecified atom stereocenters. The van der Waals surface area contributed by atoms with E-state index in [2.05, 4.69) is 20.7 Å². The first-order chi connectivity index (χ1) is 8.14. The number of hydrogen-bond donors (Lipinski definition) is 1. The van der Waals surface area contributed by atoms with Gasteiger partial charge in [0.25, 0.3) is 0 Å². The molecule has 0 radical (unpaired) electrons. The SMILES string of the molecule is CC1(C)C(Cl)CC1NS(=O)(=O)c1cc(Cl)c(Br)s1. The maximum absolute atomic E-state index is 12.2. The van der Waals surface area contributed by atoms with E-state index >= 15 is 0 Å². The van der Waals surface area contributed by atoms with Crippen LogP contribution in [0.2, 0.25) is 5.02 Å². The Bertz CT molecular complexity index is 551. The van der Waals surface area contributed by atoms with Crippen molar-refractivity contribution in [2.75, 3.05) is 0 Å². The van der Waals surface area contributed by atoms with Gasteiger partial charge in [-0.25, -0.2) is 13.1 Å². The van der Waals surface area contributed by atoms with Crippen LogP contribution in [-0.4, -0.2) is 19.8 Å². The second kappa shape index (κ2) is 4.90. The summed E-state index contributed by atoms with van der Waals surface area (Å²) in [5.41, 5.74) is -0.229. The van der Waals surface area contributed by atoms with E-state index < -0.39 is 10.0 Å². The van der Waals surface area contributed by atoms with Gasteiger partial charge in [-0.2, -0.15) is 0 Å². The third-order valence-electron chi connectivity index (χ3n) is 3.33. The fraction of sp³-hybridized carbons (Fsp3) is 0.600. The van der Waals surface area contributed by atoms with Gasteiger partial charge in [-0.1, -0.05) is 25.4 Å². The molecule has 0 bridgehead atoms. The molecular formula is C10H12BrCl2NO2S2. The summed E-state index contributed by atoms with van der Waals surface area (Å²) in [5.74, 6) is 0. The number of nitrogens with one attached hydrogen (secondary N) is 1. The van der Waals surface area contributed by atoms with Crippen molar-refractivity contribution in [3.05, 3.63) is 14.9 Å². The van der Waals surface area contributed by atoms with Crippen molar-refractivity contribution in [2.24, 2.45) is 5.41 Å². The van der Waals surface area contributed by atoms with Crippen LogP contribution >= 0.6 is 50.5 Å². The summed E-state index contributed by atoms with van der Waals surface area (Å²) in [5, 5.41) is 0.410. The Morgan fingerprint density at radius 1 is 1.56 bits per heavy atom. The highest BCUT2D eigenvalue weighted by Gasteiger charge is 2.48. The lowest BCUT2D eigenvalue weighted by Crippen LogP contribution is -2.59. The van der Waals surface area contributed by atoms with Gasteiger partial charge in [0.15, 0.2) is 0 Å². The molecule has 1 fully saturated rings. The third kappa shape index (κ3) is 2.60. The van der Waals surface area contributed by atoms with Crippen molar-refractivity contribution in [2.45, 2.75) is 35.9 Å². The summed E-state index contributed by atoms with van der Waals surface area (Å²) in [4.78, 5) is 0. The molecule has 3 nitrogen and oxygen atoms in total. The summed E-state index contributed by atoms with van der Waals surface area (Å²) in [7, 11) is -3.52.